The molecule has 0 aliphatic carbocycles. The zero-order chi connectivity index (χ0) is 13.3. The second kappa shape index (κ2) is 5.19. The average Bonchev–Trinajstić information content (AvgIpc) is 2.32. The Kier molecular flexibility index (Phi) is 3.81. The lowest BCUT2D eigenvalue weighted by molar-refractivity contribution is 0.0511. The van der Waals surface area contributed by atoms with Crippen LogP contribution in [0.5, 0.6) is 0 Å². The summed E-state index contributed by atoms with van der Waals surface area (Å²) in [6.45, 7) is 4.18. The Bertz CT molecular complexity index is 451. The number of carbonyl (C=O) groups is 1. The van der Waals surface area contributed by atoms with E-state index in [9.17, 15) is 4.79 Å². The van der Waals surface area contributed by atoms with Crippen LogP contribution in [0.4, 0.5) is 5.69 Å². The predicted octanol–water partition coefficient (Wildman–Crippen LogP) is 3.33. The van der Waals surface area contributed by atoms with Crippen LogP contribution in [0.25, 0.3) is 0 Å². The number of hydrogen-bond acceptors (Lipinski definition) is 2. The molecule has 1 fully saturated rings. The smallest absolute Gasteiger partial charge is 0.255 e. The fourth-order valence-corrected chi connectivity index (χ4v) is 2.87. The molecule has 2 N–H and O–H groups in total. The number of rotatable bonds is 1. The highest BCUT2D eigenvalue weighted by atomic mass is 35.5. The monoisotopic (exact) mass is 266 g/mol. The number of halogens is 1. The number of likely N-dealkylation sites (tertiary alicyclic amines) is 1. The molecule has 98 valence electrons. The minimum absolute atomic E-state index is 0.00741. The van der Waals surface area contributed by atoms with Gasteiger partial charge < -0.3 is 10.6 Å². The van der Waals surface area contributed by atoms with E-state index >= 15 is 0 Å². The fraction of sp³-hybridized carbons (Fsp3) is 0.500. The first-order valence-corrected chi connectivity index (χ1v) is 6.76. The third kappa shape index (κ3) is 2.46. The quantitative estimate of drug-likeness (QED) is 0.793. The Hall–Kier alpha value is -1.22. The molecule has 0 radical (unpaired) electrons. The first-order valence-electron chi connectivity index (χ1n) is 6.38. The zero-order valence-electron chi connectivity index (χ0n) is 10.8. The molecule has 18 heavy (non-hydrogen) atoms. The summed E-state index contributed by atoms with van der Waals surface area (Å²) in [4.78, 5) is 14.5. The molecule has 1 aliphatic rings. The minimum Gasteiger partial charge on any atom is -0.399 e. The summed E-state index contributed by atoms with van der Waals surface area (Å²) in [5.74, 6) is -0.00741. The van der Waals surface area contributed by atoms with Gasteiger partial charge in [-0.15, -0.1) is 0 Å². The van der Waals surface area contributed by atoms with Gasteiger partial charge in [0.15, 0.2) is 0 Å². The molecule has 1 amide bonds. The number of piperidine rings is 1. The number of carbonyl (C=O) groups excluding carboxylic acids is 1. The molecule has 1 aromatic carbocycles. The summed E-state index contributed by atoms with van der Waals surface area (Å²) in [5, 5.41) is 0.471. The van der Waals surface area contributed by atoms with Gasteiger partial charge in [-0.2, -0.15) is 0 Å². The summed E-state index contributed by atoms with van der Waals surface area (Å²) < 4.78 is 0. The van der Waals surface area contributed by atoms with E-state index in [1.165, 1.54) is 6.42 Å². The van der Waals surface area contributed by atoms with Gasteiger partial charge >= 0.3 is 0 Å². The lowest BCUT2D eigenvalue weighted by Crippen LogP contribution is -2.47. The van der Waals surface area contributed by atoms with E-state index in [4.69, 9.17) is 17.3 Å². The van der Waals surface area contributed by atoms with Gasteiger partial charge in [0.05, 0.1) is 10.6 Å². The number of nitrogens with zero attached hydrogens (tertiary/aromatic N) is 1. The molecule has 0 saturated carbocycles. The second-order valence-corrected chi connectivity index (χ2v) is 5.49. The van der Waals surface area contributed by atoms with Crippen LogP contribution in [-0.4, -0.2) is 22.9 Å². The molecule has 0 spiro atoms. The van der Waals surface area contributed by atoms with Gasteiger partial charge in [0.25, 0.3) is 5.91 Å². The normalized spacial score (nSPS) is 24.1. The van der Waals surface area contributed by atoms with Crippen LogP contribution in [0.1, 0.15) is 43.5 Å². The molecule has 0 unspecified atom stereocenters. The topological polar surface area (TPSA) is 46.3 Å². The summed E-state index contributed by atoms with van der Waals surface area (Å²) in [6.07, 6.45) is 3.28. The van der Waals surface area contributed by atoms with Gasteiger partial charge in [0, 0.05) is 17.8 Å². The Labute approximate surface area is 113 Å². The zero-order valence-corrected chi connectivity index (χ0v) is 11.6. The molecule has 1 saturated heterocycles. The lowest BCUT2D eigenvalue weighted by Gasteiger charge is -2.39. The number of nitrogen functional groups attached to an aromatic ring is 1. The molecular weight excluding hydrogens is 248 g/mol. The number of amides is 1. The summed E-state index contributed by atoms with van der Waals surface area (Å²) in [5.41, 5.74) is 6.82. The predicted molar refractivity (Wildman–Crippen MR) is 74.8 cm³/mol. The maximum Gasteiger partial charge on any atom is 0.255 e. The van der Waals surface area contributed by atoms with E-state index in [0.29, 0.717) is 16.3 Å². The standard InChI is InChI=1S/C14H19ClN2O/c1-9-4-3-5-10(2)17(9)14(18)12-8-11(16)6-7-13(12)15/h6-10H,3-5,16H2,1-2H3/t9-,10-/m0/s1. The van der Waals surface area contributed by atoms with Crippen molar-refractivity contribution in [3.8, 4) is 0 Å². The summed E-state index contributed by atoms with van der Waals surface area (Å²) in [7, 11) is 0. The van der Waals surface area contributed by atoms with Crippen molar-refractivity contribution in [2.75, 3.05) is 5.73 Å². The van der Waals surface area contributed by atoms with Gasteiger partial charge in [-0.25, -0.2) is 0 Å². The Balaban J connectivity index is 2.32. The highest BCUT2D eigenvalue weighted by molar-refractivity contribution is 6.34. The van der Waals surface area contributed by atoms with E-state index in [1.54, 1.807) is 18.2 Å². The van der Waals surface area contributed by atoms with Crippen LogP contribution in [0.2, 0.25) is 5.02 Å². The third-order valence-electron chi connectivity index (χ3n) is 3.65. The molecular formula is C14H19ClN2O. The van der Waals surface area contributed by atoms with E-state index in [0.717, 1.165) is 12.8 Å². The third-order valence-corrected chi connectivity index (χ3v) is 3.98. The van der Waals surface area contributed by atoms with Crippen LogP contribution in [0.15, 0.2) is 18.2 Å². The molecule has 3 nitrogen and oxygen atoms in total. The molecule has 0 aromatic heterocycles. The van der Waals surface area contributed by atoms with Gasteiger partial charge in [-0.3, -0.25) is 4.79 Å². The van der Waals surface area contributed by atoms with Crippen molar-refractivity contribution in [3.05, 3.63) is 28.8 Å². The van der Waals surface area contributed by atoms with Crippen LogP contribution in [-0.2, 0) is 0 Å². The van der Waals surface area contributed by atoms with Gasteiger partial charge in [0.2, 0.25) is 0 Å². The van der Waals surface area contributed by atoms with Gasteiger partial charge in [0.1, 0.15) is 0 Å². The fourth-order valence-electron chi connectivity index (χ4n) is 2.67. The molecule has 2 atom stereocenters. The number of anilines is 1. The van der Waals surface area contributed by atoms with E-state index in [2.05, 4.69) is 13.8 Å². The molecule has 1 heterocycles. The first-order chi connectivity index (χ1) is 8.50. The van der Waals surface area contributed by atoms with Crippen LogP contribution >= 0.6 is 11.6 Å². The van der Waals surface area contributed by atoms with Crippen LogP contribution in [0, 0.1) is 0 Å². The highest BCUT2D eigenvalue weighted by Crippen LogP contribution is 2.27. The molecule has 4 heteroatoms. The maximum absolute atomic E-state index is 12.6. The Morgan fingerprint density at radius 1 is 1.33 bits per heavy atom. The van der Waals surface area contributed by atoms with E-state index < -0.39 is 0 Å². The van der Waals surface area contributed by atoms with Crippen LogP contribution < -0.4 is 5.73 Å². The molecule has 0 bridgehead atoms. The summed E-state index contributed by atoms with van der Waals surface area (Å²) >= 11 is 6.10. The minimum atomic E-state index is -0.00741. The van der Waals surface area contributed by atoms with Crippen molar-refractivity contribution in [3.63, 3.8) is 0 Å². The summed E-state index contributed by atoms with van der Waals surface area (Å²) in [6, 6.07) is 5.59. The Morgan fingerprint density at radius 3 is 2.56 bits per heavy atom. The molecule has 2 rings (SSSR count). The van der Waals surface area contributed by atoms with E-state index in [-0.39, 0.29) is 18.0 Å². The van der Waals surface area contributed by atoms with Gasteiger partial charge in [-0.05, 0) is 51.3 Å². The van der Waals surface area contributed by atoms with E-state index in [1.807, 2.05) is 4.90 Å². The number of hydrogen-bond donors (Lipinski definition) is 1. The molecule has 1 aliphatic heterocycles. The maximum atomic E-state index is 12.6. The second-order valence-electron chi connectivity index (χ2n) is 5.08. The lowest BCUT2D eigenvalue weighted by atomic mass is 9.96. The number of benzene rings is 1. The van der Waals surface area contributed by atoms with Gasteiger partial charge in [-0.1, -0.05) is 11.6 Å². The molecule has 1 aromatic rings. The highest BCUT2D eigenvalue weighted by Gasteiger charge is 2.30. The first kappa shape index (κ1) is 13.2. The number of nitrogens with two attached hydrogens (primary N) is 1. The van der Waals surface area contributed by atoms with Crippen molar-refractivity contribution in [2.45, 2.75) is 45.2 Å². The van der Waals surface area contributed by atoms with Crippen molar-refractivity contribution < 1.29 is 4.79 Å². The van der Waals surface area contributed by atoms with Crippen molar-refractivity contribution in [2.24, 2.45) is 0 Å². The largest absolute Gasteiger partial charge is 0.399 e. The van der Waals surface area contributed by atoms with Crippen LogP contribution in [0.3, 0.4) is 0 Å². The van der Waals surface area contributed by atoms with Crippen molar-refractivity contribution >= 4 is 23.2 Å². The van der Waals surface area contributed by atoms with Crippen molar-refractivity contribution in [1.29, 1.82) is 0 Å². The van der Waals surface area contributed by atoms with Crippen molar-refractivity contribution in [1.82, 2.24) is 4.90 Å². The SMILES string of the molecule is C[C@H]1CCC[C@H](C)N1C(=O)c1cc(N)ccc1Cl. The average molecular weight is 267 g/mol. The Morgan fingerprint density at radius 2 is 1.94 bits per heavy atom.